The molecule has 32 heavy (non-hydrogen) atoms. The first-order valence-electron chi connectivity index (χ1n) is 11.7. The lowest BCUT2D eigenvalue weighted by molar-refractivity contribution is 0.0102. The lowest BCUT2D eigenvalue weighted by Gasteiger charge is -2.24. The van der Waals surface area contributed by atoms with Crippen molar-refractivity contribution in [2.75, 3.05) is 0 Å². The minimum absolute atomic E-state index is 0.0718. The summed E-state index contributed by atoms with van der Waals surface area (Å²) in [6.45, 7) is 0. The molecule has 2 aromatic carbocycles. The van der Waals surface area contributed by atoms with Crippen LogP contribution in [0.1, 0.15) is 55.3 Å². The Morgan fingerprint density at radius 1 is 1.03 bits per heavy atom. The van der Waals surface area contributed by atoms with Crippen LogP contribution in [0.2, 0.25) is 0 Å². The van der Waals surface area contributed by atoms with E-state index in [4.69, 9.17) is 9.47 Å². The lowest BCUT2D eigenvalue weighted by Crippen LogP contribution is -2.31. The smallest absolute Gasteiger partial charge is 0.339 e. The van der Waals surface area contributed by atoms with Crippen LogP contribution in [0.5, 0.6) is 0 Å². The van der Waals surface area contributed by atoms with Crippen molar-refractivity contribution in [2.45, 2.75) is 62.8 Å². The number of hydrogen-bond donors (Lipinski definition) is 0. The summed E-state index contributed by atoms with van der Waals surface area (Å²) < 4.78 is 13.4. The lowest BCUT2D eigenvalue weighted by atomic mass is 9.89. The van der Waals surface area contributed by atoms with Gasteiger partial charge in [0.1, 0.15) is 5.38 Å². The second-order valence-electron chi connectivity index (χ2n) is 9.28. The standard InChI is InChI=1S/C28H27O3S/c29-27(21-7-10-24(11-8-21)32-18-14-20-5-1-2-6-26(20)32)31-28(15-3-4-16-28)17-13-22-19-23-9-12-25(22)30-23/h1-2,5-8,10-11,14,18,22-23,25H,3-4,9,12,15-16,19H2/q+1. The van der Waals surface area contributed by atoms with E-state index in [0.717, 1.165) is 38.5 Å². The largest absolute Gasteiger partial charge is 0.442 e. The molecule has 3 aliphatic rings. The third-order valence-corrected chi connectivity index (χ3v) is 9.21. The first-order chi connectivity index (χ1) is 15.7. The van der Waals surface area contributed by atoms with Crippen molar-refractivity contribution in [3.63, 3.8) is 0 Å². The summed E-state index contributed by atoms with van der Waals surface area (Å²) in [6, 6.07) is 18.6. The molecule has 1 aliphatic carbocycles. The third-order valence-electron chi connectivity index (χ3n) is 7.17. The Labute approximate surface area is 191 Å². The minimum Gasteiger partial charge on any atom is -0.442 e. The maximum Gasteiger partial charge on any atom is 0.339 e. The maximum atomic E-state index is 13.0. The van der Waals surface area contributed by atoms with E-state index in [2.05, 4.69) is 59.7 Å². The summed E-state index contributed by atoms with van der Waals surface area (Å²) in [5, 5.41) is 3.53. The SMILES string of the molecule is O=C(OC1(C#CC2CC3CCC2O3)CCCC1)c1ccc(-[s+]2ccc3ccccc32)cc1. The molecule has 2 aliphatic heterocycles. The van der Waals surface area contributed by atoms with Crippen LogP contribution in [0.3, 0.4) is 0 Å². The van der Waals surface area contributed by atoms with E-state index >= 15 is 0 Å². The Morgan fingerprint density at radius 3 is 2.59 bits per heavy atom. The summed E-state index contributed by atoms with van der Waals surface area (Å²) >= 11 is 0. The number of rotatable bonds is 3. The van der Waals surface area contributed by atoms with Crippen molar-refractivity contribution in [1.82, 2.24) is 0 Å². The van der Waals surface area contributed by atoms with Crippen molar-refractivity contribution in [1.29, 1.82) is 0 Å². The van der Waals surface area contributed by atoms with Gasteiger partial charge in [-0.15, -0.1) is 0 Å². The van der Waals surface area contributed by atoms with Crippen molar-refractivity contribution in [3.8, 4) is 16.7 Å². The average Bonchev–Trinajstić information content (AvgIpc) is 3.62. The minimum atomic E-state index is -0.632. The number of thiophene rings is 1. The van der Waals surface area contributed by atoms with Crippen LogP contribution in [0.4, 0.5) is 0 Å². The summed E-state index contributed by atoms with van der Waals surface area (Å²) in [7, 11) is -0.0718. The van der Waals surface area contributed by atoms with Gasteiger partial charge in [-0.2, -0.15) is 0 Å². The summed E-state index contributed by atoms with van der Waals surface area (Å²) in [4.78, 5) is 14.3. The third kappa shape index (κ3) is 3.64. The van der Waals surface area contributed by atoms with Crippen LogP contribution in [0.25, 0.3) is 15.0 Å². The van der Waals surface area contributed by atoms with Crippen molar-refractivity contribution >= 4 is 26.5 Å². The van der Waals surface area contributed by atoms with Gasteiger partial charge >= 0.3 is 5.97 Å². The van der Waals surface area contributed by atoms with Crippen molar-refractivity contribution in [2.24, 2.45) is 5.92 Å². The quantitative estimate of drug-likeness (QED) is 0.259. The van der Waals surface area contributed by atoms with E-state index < -0.39 is 5.60 Å². The van der Waals surface area contributed by atoms with E-state index in [-0.39, 0.29) is 22.5 Å². The number of benzene rings is 2. The Hall–Kier alpha value is -2.61. The topological polar surface area (TPSA) is 35.5 Å². The molecule has 0 spiro atoms. The second-order valence-corrected chi connectivity index (χ2v) is 11.1. The van der Waals surface area contributed by atoms with E-state index in [1.807, 2.05) is 12.1 Å². The first kappa shape index (κ1) is 20.0. The molecule has 3 heterocycles. The van der Waals surface area contributed by atoms with E-state index in [0.29, 0.717) is 17.6 Å². The molecule has 1 aromatic heterocycles. The maximum absolute atomic E-state index is 13.0. The van der Waals surface area contributed by atoms with Gasteiger partial charge in [-0.3, -0.25) is 0 Å². The van der Waals surface area contributed by atoms with Crippen LogP contribution in [0, 0.1) is 17.8 Å². The molecule has 4 unspecified atom stereocenters. The molecular formula is C28H27O3S+. The highest BCUT2D eigenvalue weighted by molar-refractivity contribution is 7.43. The zero-order valence-corrected chi connectivity index (χ0v) is 18.9. The van der Waals surface area contributed by atoms with Gasteiger partial charge in [-0.25, -0.2) is 4.79 Å². The van der Waals surface area contributed by atoms with Gasteiger partial charge < -0.3 is 9.47 Å². The molecule has 3 nitrogen and oxygen atoms in total. The predicted molar refractivity (Wildman–Crippen MR) is 128 cm³/mol. The average molecular weight is 444 g/mol. The molecule has 3 fully saturated rings. The van der Waals surface area contributed by atoms with Crippen LogP contribution in [-0.4, -0.2) is 23.8 Å². The highest BCUT2D eigenvalue weighted by atomic mass is 32.2. The molecule has 0 radical (unpaired) electrons. The fraction of sp³-hybridized carbons (Fsp3) is 0.393. The molecule has 4 heteroatoms. The predicted octanol–water partition coefficient (Wildman–Crippen LogP) is 6.62. The Bertz CT molecular complexity index is 1210. The first-order valence-corrected chi connectivity index (χ1v) is 13.0. The molecule has 6 rings (SSSR count). The Kier molecular flexibility index (Phi) is 5.05. The van der Waals surface area contributed by atoms with E-state index in [1.54, 1.807) is 0 Å². The van der Waals surface area contributed by atoms with Crippen molar-refractivity contribution in [3.05, 3.63) is 65.5 Å². The molecule has 4 atom stereocenters. The fourth-order valence-electron chi connectivity index (χ4n) is 5.43. The van der Waals surface area contributed by atoms with Crippen LogP contribution in [-0.2, 0) is 9.47 Å². The van der Waals surface area contributed by atoms with Gasteiger partial charge in [-0.1, -0.05) is 24.0 Å². The summed E-state index contributed by atoms with van der Waals surface area (Å²) in [5.74, 6) is 6.90. The van der Waals surface area contributed by atoms with E-state index in [9.17, 15) is 4.79 Å². The summed E-state index contributed by atoms with van der Waals surface area (Å²) in [5.41, 5.74) is -0.0305. The highest BCUT2D eigenvalue weighted by Gasteiger charge is 2.41. The van der Waals surface area contributed by atoms with Gasteiger partial charge in [0.15, 0.2) is 15.2 Å². The summed E-state index contributed by atoms with van der Waals surface area (Å²) in [6.07, 6.45) is 7.76. The molecule has 0 amide bonds. The van der Waals surface area contributed by atoms with Gasteiger partial charge in [0.2, 0.25) is 0 Å². The fourth-order valence-corrected chi connectivity index (χ4v) is 7.31. The molecule has 1 saturated carbocycles. The molecule has 0 N–H and O–H groups in total. The van der Waals surface area contributed by atoms with Gasteiger partial charge in [0.25, 0.3) is 0 Å². The zero-order chi connectivity index (χ0) is 21.5. The zero-order valence-electron chi connectivity index (χ0n) is 18.1. The van der Waals surface area contributed by atoms with Crippen LogP contribution in [0.15, 0.2) is 60.0 Å². The number of carbonyl (C=O) groups excluding carboxylic acids is 1. The number of esters is 1. The number of fused-ring (bicyclic) bond motifs is 3. The number of ether oxygens (including phenoxy) is 2. The molecule has 3 aromatic rings. The monoisotopic (exact) mass is 443 g/mol. The Balaban J connectivity index is 1.20. The molecule has 2 bridgehead atoms. The Morgan fingerprint density at radius 2 is 1.84 bits per heavy atom. The second kappa shape index (κ2) is 8.06. The van der Waals surface area contributed by atoms with E-state index in [1.165, 1.54) is 21.4 Å². The van der Waals surface area contributed by atoms with Crippen LogP contribution >= 0.6 is 10.5 Å². The van der Waals surface area contributed by atoms with Gasteiger partial charge in [0.05, 0.1) is 17.8 Å². The van der Waals surface area contributed by atoms with Crippen molar-refractivity contribution < 1.29 is 14.3 Å². The number of hydrogen-bond acceptors (Lipinski definition) is 3. The van der Waals surface area contributed by atoms with Crippen LogP contribution < -0.4 is 0 Å². The molecule has 2 saturated heterocycles. The molecular weight excluding hydrogens is 416 g/mol. The van der Waals surface area contributed by atoms with Gasteiger partial charge in [0, 0.05) is 27.8 Å². The molecule has 162 valence electrons. The van der Waals surface area contributed by atoms with Gasteiger partial charge in [-0.05, 0) is 81.3 Å². The number of carbonyl (C=O) groups is 1. The highest BCUT2D eigenvalue weighted by Crippen LogP contribution is 2.41. The normalized spacial score (nSPS) is 26.1.